The molecule has 2 aromatic carbocycles. The maximum Gasteiger partial charge on any atom is 0.407 e. The molecule has 0 saturated heterocycles. The standard InChI is InChI=1S/C18H14F3NO2/c19-15-9-10-16(20)17(21)14(15)8-4-5-11-22-18(23)24-12-13-6-2-1-3-7-13/h1-3,6-7,9-10H,5,11-12H2,(H,22,23). The van der Waals surface area contributed by atoms with Crippen LogP contribution in [-0.2, 0) is 11.3 Å². The highest BCUT2D eigenvalue weighted by atomic mass is 19.2. The predicted molar refractivity (Wildman–Crippen MR) is 82.4 cm³/mol. The molecule has 0 unspecified atom stereocenters. The zero-order valence-corrected chi connectivity index (χ0v) is 12.6. The average molecular weight is 333 g/mol. The summed E-state index contributed by atoms with van der Waals surface area (Å²) < 4.78 is 44.6. The lowest BCUT2D eigenvalue weighted by Gasteiger charge is -2.05. The fraction of sp³-hybridized carbons (Fsp3) is 0.167. The third-order valence-corrected chi connectivity index (χ3v) is 2.99. The molecule has 0 aliphatic carbocycles. The van der Waals surface area contributed by atoms with Crippen LogP contribution in [0.5, 0.6) is 0 Å². The van der Waals surface area contributed by atoms with Crippen LogP contribution in [0.3, 0.4) is 0 Å². The van der Waals surface area contributed by atoms with Crippen LogP contribution in [0.25, 0.3) is 0 Å². The van der Waals surface area contributed by atoms with E-state index in [4.69, 9.17) is 4.74 Å². The first kappa shape index (κ1) is 17.4. The van der Waals surface area contributed by atoms with Crippen LogP contribution in [0.4, 0.5) is 18.0 Å². The summed E-state index contributed by atoms with van der Waals surface area (Å²) >= 11 is 0. The van der Waals surface area contributed by atoms with Gasteiger partial charge in [-0.3, -0.25) is 0 Å². The Morgan fingerprint density at radius 3 is 2.50 bits per heavy atom. The van der Waals surface area contributed by atoms with E-state index in [1.165, 1.54) is 0 Å². The molecule has 0 bridgehead atoms. The molecule has 0 aliphatic heterocycles. The van der Waals surface area contributed by atoms with Crippen molar-refractivity contribution in [2.24, 2.45) is 0 Å². The van der Waals surface area contributed by atoms with Crippen molar-refractivity contribution in [3.63, 3.8) is 0 Å². The van der Waals surface area contributed by atoms with Crippen LogP contribution in [0.1, 0.15) is 17.5 Å². The normalized spacial score (nSPS) is 9.79. The predicted octanol–water partition coefficient (Wildman–Crippen LogP) is 3.77. The second kappa shape index (κ2) is 8.63. The maximum atomic E-state index is 13.4. The molecule has 0 radical (unpaired) electrons. The van der Waals surface area contributed by atoms with E-state index in [2.05, 4.69) is 17.2 Å². The van der Waals surface area contributed by atoms with Gasteiger partial charge in [-0.2, -0.15) is 0 Å². The molecule has 2 aromatic rings. The molecular weight excluding hydrogens is 319 g/mol. The molecule has 1 amide bonds. The van der Waals surface area contributed by atoms with Gasteiger partial charge in [0, 0.05) is 13.0 Å². The topological polar surface area (TPSA) is 38.3 Å². The van der Waals surface area contributed by atoms with Gasteiger partial charge in [-0.05, 0) is 17.7 Å². The Morgan fingerprint density at radius 2 is 1.75 bits per heavy atom. The molecule has 0 heterocycles. The van der Waals surface area contributed by atoms with Crippen molar-refractivity contribution in [3.05, 3.63) is 71.0 Å². The number of benzene rings is 2. The van der Waals surface area contributed by atoms with Gasteiger partial charge < -0.3 is 10.1 Å². The van der Waals surface area contributed by atoms with Crippen LogP contribution in [0.15, 0.2) is 42.5 Å². The summed E-state index contributed by atoms with van der Waals surface area (Å²) in [6, 6.07) is 10.7. The van der Waals surface area contributed by atoms with E-state index < -0.39 is 29.1 Å². The second-order valence-corrected chi connectivity index (χ2v) is 4.76. The van der Waals surface area contributed by atoms with Gasteiger partial charge in [-0.1, -0.05) is 42.2 Å². The highest BCUT2D eigenvalue weighted by Crippen LogP contribution is 2.14. The van der Waals surface area contributed by atoms with Gasteiger partial charge in [0.1, 0.15) is 12.4 Å². The lowest BCUT2D eigenvalue weighted by Crippen LogP contribution is -2.24. The number of halogens is 3. The summed E-state index contributed by atoms with van der Waals surface area (Å²) in [5.74, 6) is 1.28. The number of nitrogens with one attached hydrogen (secondary N) is 1. The fourth-order valence-electron chi connectivity index (χ4n) is 1.79. The Balaban J connectivity index is 1.76. The number of rotatable bonds is 4. The zero-order valence-electron chi connectivity index (χ0n) is 12.6. The molecule has 24 heavy (non-hydrogen) atoms. The van der Waals surface area contributed by atoms with Crippen molar-refractivity contribution >= 4 is 6.09 Å². The first-order valence-corrected chi connectivity index (χ1v) is 7.15. The lowest BCUT2D eigenvalue weighted by molar-refractivity contribution is 0.140. The second-order valence-electron chi connectivity index (χ2n) is 4.76. The highest BCUT2D eigenvalue weighted by Gasteiger charge is 2.11. The van der Waals surface area contributed by atoms with Gasteiger partial charge in [0.05, 0.1) is 5.56 Å². The van der Waals surface area contributed by atoms with Gasteiger partial charge in [0.15, 0.2) is 11.6 Å². The van der Waals surface area contributed by atoms with Crippen LogP contribution in [0.2, 0.25) is 0 Å². The number of carbonyl (C=O) groups is 1. The SMILES string of the molecule is O=C(NCCC#Cc1c(F)ccc(F)c1F)OCc1ccccc1. The van der Waals surface area contributed by atoms with E-state index in [0.717, 1.165) is 11.6 Å². The molecule has 0 fully saturated rings. The molecular formula is C18H14F3NO2. The van der Waals surface area contributed by atoms with E-state index in [0.29, 0.717) is 6.07 Å². The molecule has 0 aliphatic rings. The van der Waals surface area contributed by atoms with E-state index >= 15 is 0 Å². The minimum atomic E-state index is -1.32. The van der Waals surface area contributed by atoms with Crippen LogP contribution in [-0.4, -0.2) is 12.6 Å². The Kier molecular flexibility index (Phi) is 6.26. The van der Waals surface area contributed by atoms with Gasteiger partial charge in [-0.15, -0.1) is 0 Å². The molecule has 124 valence electrons. The fourth-order valence-corrected chi connectivity index (χ4v) is 1.79. The van der Waals surface area contributed by atoms with Gasteiger partial charge in [0.2, 0.25) is 0 Å². The largest absolute Gasteiger partial charge is 0.445 e. The van der Waals surface area contributed by atoms with Crippen LogP contribution < -0.4 is 5.32 Å². The monoisotopic (exact) mass is 333 g/mol. The third kappa shape index (κ3) is 5.06. The molecule has 6 heteroatoms. The van der Waals surface area contributed by atoms with Crippen molar-refractivity contribution in [1.29, 1.82) is 0 Å². The molecule has 3 nitrogen and oxygen atoms in total. The summed E-state index contributed by atoms with van der Waals surface area (Å²) in [6.45, 7) is 0.275. The molecule has 0 spiro atoms. The summed E-state index contributed by atoms with van der Waals surface area (Å²) in [5, 5.41) is 2.45. The van der Waals surface area contributed by atoms with Crippen molar-refractivity contribution in [1.82, 2.24) is 5.32 Å². The molecule has 0 atom stereocenters. The van der Waals surface area contributed by atoms with Gasteiger partial charge in [-0.25, -0.2) is 18.0 Å². The van der Waals surface area contributed by atoms with Crippen molar-refractivity contribution in [2.75, 3.05) is 6.54 Å². The highest BCUT2D eigenvalue weighted by molar-refractivity contribution is 5.67. The Hall–Kier alpha value is -2.94. The van der Waals surface area contributed by atoms with Crippen molar-refractivity contribution < 1.29 is 22.7 Å². The number of hydrogen-bond acceptors (Lipinski definition) is 2. The van der Waals surface area contributed by atoms with Gasteiger partial charge >= 0.3 is 6.09 Å². The minimum absolute atomic E-state index is 0.135. The maximum absolute atomic E-state index is 13.4. The number of carbonyl (C=O) groups excluding carboxylic acids is 1. The molecule has 0 saturated carbocycles. The molecule has 1 N–H and O–H groups in total. The summed E-state index contributed by atoms with van der Waals surface area (Å²) in [5.41, 5.74) is 0.228. The Bertz CT molecular complexity index is 767. The van der Waals surface area contributed by atoms with Crippen molar-refractivity contribution in [2.45, 2.75) is 13.0 Å². The molecule has 0 aromatic heterocycles. The molecule has 2 rings (SSSR count). The smallest absolute Gasteiger partial charge is 0.407 e. The van der Waals surface area contributed by atoms with E-state index in [-0.39, 0.29) is 19.6 Å². The number of alkyl carbamates (subject to hydrolysis) is 1. The third-order valence-electron chi connectivity index (χ3n) is 2.99. The summed E-state index contributed by atoms with van der Waals surface area (Å²) in [6.07, 6.45) is -0.487. The first-order valence-electron chi connectivity index (χ1n) is 7.15. The van der Waals surface area contributed by atoms with Crippen molar-refractivity contribution in [3.8, 4) is 11.8 Å². The van der Waals surface area contributed by atoms with Crippen LogP contribution in [0, 0.1) is 29.3 Å². The zero-order chi connectivity index (χ0) is 17.4. The Morgan fingerprint density at radius 1 is 1.04 bits per heavy atom. The summed E-state index contributed by atoms with van der Waals surface area (Å²) in [7, 11) is 0. The first-order chi connectivity index (χ1) is 11.6. The summed E-state index contributed by atoms with van der Waals surface area (Å²) in [4.78, 5) is 11.5. The van der Waals surface area contributed by atoms with Gasteiger partial charge in [0.25, 0.3) is 0 Å². The Labute approximate surface area is 137 Å². The minimum Gasteiger partial charge on any atom is -0.445 e. The quantitative estimate of drug-likeness (QED) is 0.525. The van der Waals surface area contributed by atoms with E-state index in [9.17, 15) is 18.0 Å². The lowest BCUT2D eigenvalue weighted by atomic mass is 10.2. The number of hydrogen-bond donors (Lipinski definition) is 1. The van der Waals surface area contributed by atoms with E-state index in [1.807, 2.05) is 30.3 Å². The van der Waals surface area contributed by atoms with Crippen LogP contribution >= 0.6 is 0 Å². The number of ether oxygens (including phenoxy) is 1. The number of amides is 1. The van der Waals surface area contributed by atoms with E-state index in [1.54, 1.807) is 0 Å². The average Bonchev–Trinajstić information content (AvgIpc) is 2.60.